The molecule has 0 bridgehead atoms. The van der Waals surface area contributed by atoms with Gasteiger partial charge in [-0.2, -0.15) is 5.26 Å². The van der Waals surface area contributed by atoms with Gasteiger partial charge in [-0.3, -0.25) is 14.6 Å². The van der Waals surface area contributed by atoms with Gasteiger partial charge in [-0.1, -0.05) is 18.1 Å². The van der Waals surface area contributed by atoms with Gasteiger partial charge in [0, 0.05) is 29.3 Å². The molecule has 0 saturated carbocycles. The van der Waals surface area contributed by atoms with Crippen LogP contribution in [0.2, 0.25) is 0 Å². The van der Waals surface area contributed by atoms with Crippen LogP contribution in [0.3, 0.4) is 0 Å². The van der Waals surface area contributed by atoms with E-state index in [1.807, 2.05) is 38.1 Å². The Kier molecular flexibility index (Phi) is 5.91. The van der Waals surface area contributed by atoms with Crippen LogP contribution in [0.25, 0.3) is 10.9 Å². The van der Waals surface area contributed by atoms with E-state index >= 15 is 0 Å². The van der Waals surface area contributed by atoms with E-state index in [4.69, 9.17) is 9.78 Å². The van der Waals surface area contributed by atoms with E-state index in [2.05, 4.69) is 21.5 Å². The number of fused-ring (bicyclic) bond motifs is 1. The second kappa shape index (κ2) is 8.78. The summed E-state index contributed by atoms with van der Waals surface area (Å²) in [5.41, 5.74) is 2.92. The van der Waals surface area contributed by atoms with Gasteiger partial charge in [0.25, 0.3) is 5.91 Å². The van der Waals surface area contributed by atoms with Crippen molar-refractivity contribution in [3.05, 3.63) is 59.1 Å². The normalized spacial score (nSPS) is 16.8. The van der Waals surface area contributed by atoms with Crippen molar-refractivity contribution in [3.63, 3.8) is 0 Å². The minimum absolute atomic E-state index is 0.0184. The number of hydrogen-bond donors (Lipinski definition) is 1. The molecule has 1 N–H and O–H groups in total. The fraction of sp³-hybridized carbons (Fsp3) is 0.318. The summed E-state index contributed by atoms with van der Waals surface area (Å²) >= 11 is 1.53. The van der Waals surface area contributed by atoms with Crippen molar-refractivity contribution in [1.82, 2.24) is 20.4 Å². The molecular formula is C22H21N5O3S. The SMILES string of the molecule is Cc1cc([C@H](C)c2ccc3nccc(C(=O)NCC(=O)N4CSC[C@H]4C#N)c3c2)no1. The second-order valence-corrected chi connectivity index (χ2v) is 8.41. The molecule has 2 amide bonds. The first-order valence-electron chi connectivity index (χ1n) is 9.85. The Hall–Kier alpha value is -3.38. The summed E-state index contributed by atoms with van der Waals surface area (Å²) in [5, 5.41) is 16.6. The van der Waals surface area contributed by atoms with Crippen LogP contribution in [-0.2, 0) is 4.79 Å². The molecule has 2 atom stereocenters. The van der Waals surface area contributed by atoms with E-state index in [1.165, 1.54) is 16.7 Å². The lowest BCUT2D eigenvalue weighted by Crippen LogP contribution is -2.42. The van der Waals surface area contributed by atoms with Gasteiger partial charge in [-0.25, -0.2) is 0 Å². The number of benzene rings is 1. The number of nitriles is 1. The van der Waals surface area contributed by atoms with Crippen LogP contribution in [0.15, 0.2) is 41.1 Å². The molecule has 158 valence electrons. The van der Waals surface area contributed by atoms with E-state index < -0.39 is 6.04 Å². The van der Waals surface area contributed by atoms with Gasteiger partial charge in [0.05, 0.1) is 35.3 Å². The van der Waals surface area contributed by atoms with Crippen molar-refractivity contribution in [2.24, 2.45) is 0 Å². The summed E-state index contributed by atoms with van der Waals surface area (Å²) in [6.45, 7) is 3.71. The number of carbonyl (C=O) groups excluding carboxylic acids is 2. The molecule has 1 fully saturated rings. The Morgan fingerprint density at radius 2 is 2.23 bits per heavy atom. The number of hydrogen-bond acceptors (Lipinski definition) is 7. The lowest BCUT2D eigenvalue weighted by atomic mass is 9.95. The minimum Gasteiger partial charge on any atom is -0.361 e. The molecule has 9 heteroatoms. The highest BCUT2D eigenvalue weighted by Gasteiger charge is 2.29. The summed E-state index contributed by atoms with van der Waals surface area (Å²) in [6.07, 6.45) is 1.58. The second-order valence-electron chi connectivity index (χ2n) is 7.41. The fourth-order valence-corrected chi connectivity index (χ4v) is 4.64. The van der Waals surface area contributed by atoms with Crippen LogP contribution in [0.5, 0.6) is 0 Å². The van der Waals surface area contributed by atoms with Gasteiger partial charge < -0.3 is 14.7 Å². The number of pyridine rings is 1. The maximum Gasteiger partial charge on any atom is 0.252 e. The predicted molar refractivity (Wildman–Crippen MR) is 116 cm³/mol. The lowest BCUT2D eigenvalue weighted by Gasteiger charge is -2.18. The molecule has 0 aliphatic carbocycles. The quantitative estimate of drug-likeness (QED) is 0.656. The molecule has 31 heavy (non-hydrogen) atoms. The average molecular weight is 436 g/mol. The first-order chi connectivity index (χ1) is 15.0. The lowest BCUT2D eigenvalue weighted by molar-refractivity contribution is -0.129. The summed E-state index contributed by atoms with van der Waals surface area (Å²) < 4.78 is 5.18. The number of aromatic nitrogens is 2. The van der Waals surface area contributed by atoms with E-state index in [1.54, 1.807) is 12.3 Å². The van der Waals surface area contributed by atoms with E-state index in [0.717, 1.165) is 17.0 Å². The Morgan fingerprint density at radius 3 is 2.97 bits per heavy atom. The van der Waals surface area contributed by atoms with Gasteiger partial charge in [0.15, 0.2) is 0 Å². The molecule has 4 rings (SSSR count). The Balaban J connectivity index is 1.55. The topological polar surface area (TPSA) is 112 Å². The number of thioether (sulfide) groups is 1. The van der Waals surface area contributed by atoms with Crippen LogP contribution in [-0.4, -0.2) is 51.1 Å². The van der Waals surface area contributed by atoms with Crippen molar-refractivity contribution in [3.8, 4) is 6.07 Å². The van der Waals surface area contributed by atoms with Crippen LogP contribution < -0.4 is 5.32 Å². The zero-order chi connectivity index (χ0) is 22.0. The first-order valence-corrected chi connectivity index (χ1v) is 11.0. The van der Waals surface area contributed by atoms with Gasteiger partial charge in [-0.05, 0) is 30.7 Å². The molecule has 0 spiro atoms. The van der Waals surface area contributed by atoms with Crippen LogP contribution in [0.4, 0.5) is 0 Å². The number of carbonyl (C=O) groups is 2. The first kappa shape index (κ1) is 20.9. The molecular weight excluding hydrogens is 414 g/mol. The number of amides is 2. The molecule has 2 aromatic heterocycles. The summed E-state index contributed by atoms with van der Waals surface area (Å²) in [5.74, 6) is 1.16. The number of nitrogens with one attached hydrogen (secondary N) is 1. The zero-order valence-electron chi connectivity index (χ0n) is 17.2. The molecule has 0 radical (unpaired) electrons. The Labute approximate surface area is 183 Å². The van der Waals surface area contributed by atoms with Crippen molar-refractivity contribution in [2.75, 3.05) is 18.2 Å². The van der Waals surface area contributed by atoms with Gasteiger partial charge >= 0.3 is 0 Å². The summed E-state index contributed by atoms with van der Waals surface area (Å²) in [7, 11) is 0. The fourth-order valence-electron chi connectivity index (χ4n) is 3.54. The zero-order valence-corrected chi connectivity index (χ0v) is 18.0. The molecule has 3 heterocycles. The van der Waals surface area contributed by atoms with Gasteiger partial charge in [-0.15, -0.1) is 11.8 Å². The highest BCUT2D eigenvalue weighted by atomic mass is 32.2. The smallest absolute Gasteiger partial charge is 0.252 e. The van der Waals surface area contributed by atoms with Crippen molar-refractivity contribution >= 4 is 34.5 Å². The van der Waals surface area contributed by atoms with Gasteiger partial charge in [0.2, 0.25) is 5.91 Å². The van der Waals surface area contributed by atoms with Crippen molar-refractivity contribution < 1.29 is 14.1 Å². The van der Waals surface area contributed by atoms with E-state index in [0.29, 0.717) is 28.1 Å². The van der Waals surface area contributed by atoms with Gasteiger partial charge in [0.1, 0.15) is 11.8 Å². The third kappa shape index (κ3) is 4.25. The molecule has 0 unspecified atom stereocenters. The van der Waals surface area contributed by atoms with Crippen molar-refractivity contribution in [1.29, 1.82) is 5.26 Å². The Morgan fingerprint density at radius 1 is 1.39 bits per heavy atom. The maximum atomic E-state index is 12.9. The highest BCUT2D eigenvalue weighted by Crippen LogP contribution is 2.28. The largest absolute Gasteiger partial charge is 0.361 e. The summed E-state index contributed by atoms with van der Waals surface area (Å²) in [6, 6.07) is 11.0. The highest BCUT2D eigenvalue weighted by molar-refractivity contribution is 7.99. The molecule has 1 aliphatic heterocycles. The molecule has 8 nitrogen and oxygen atoms in total. The van der Waals surface area contributed by atoms with Crippen LogP contribution in [0, 0.1) is 18.3 Å². The number of nitrogens with zero attached hydrogens (tertiary/aromatic N) is 4. The molecule has 3 aromatic rings. The van der Waals surface area contributed by atoms with Crippen LogP contribution >= 0.6 is 11.8 Å². The van der Waals surface area contributed by atoms with Crippen LogP contribution in [0.1, 0.15) is 40.2 Å². The monoisotopic (exact) mass is 435 g/mol. The number of rotatable bonds is 5. The molecule has 1 saturated heterocycles. The molecule has 1 aromatic carbocycles. The predicted octanol–water partition coefficient (Wildman–Crippen LogP) is 2.84. The van der Waals surface area contributed by atoms with E-state index in [-0.39, 0.29) is 24.3 Å². The third-order valence-electron chi connectivity index (χ3n) is 5.35. The van der Waals surface area contributed by atoms with Crippen molar-refractivity contribution in [2.45, 2.75) is 25.8 Å². The third-order valence-corrected chi connectivity index (χ3v) is 6.36. The minimum atomic E-state index is -0.444. The summed E-state index contributed by atoms with van der Waals surface area (Å²) in [4.78, 5) is 31.2. The standard InChI is InChI=1S/C22H21N5O3S/c1-13-7-20(26-30-13)14(2)15-3-4-19-18(8-15)17(5-6-24-19)22(29)25-10-21(28)27-12-31-11-16(27)9-23/h3-8,14,16H,10-12H2,1-2H3,(H,25,29)/t14-,16-/m1/s1. The molecule has 1 aliphatic rings. The maximum absolute atomic E-state index is 12.9. The Bertz CT molecular complexity index is 1190. The average Bonchev–Trinajstić information content (AvgIpc) is 3.44. The van der Waals surface area contributed by atoms with E-state index in [9.17, 15) is 9.59 Å². The number of aryl methyl sites for hydroxylation is 1.